The van der Waals surface area contributed by atoms with Crippen molar-refractivity contribution in [2.24, 2.45) is 0 Å². The van der Waals surface area contributed by atoms with Gasteiger partial charge in [-0.1, -0.05) is 60.3 Å². The highest BCUT2D eigenvalue weighted by molar-refractivity contribution is 7.99. The third kappa shape index (κ3) is 2.09. The first-order valence-electron chi connectivity index (χ1n) is 7.62. The first kappa shape index (κ1) is 13.6. The maximum absolute atomic E-state index is 5.77. The maximum Gasteiger partial charge on any atom is 0.284 e. The Hall–Kier alpha value is -2.79. The number of aromatic nitrogens is 2. The van der Waals surface area contributed by atoms with E-state index in [4.69, 9.17) is 8.83 Å². The molecule has 0 atom stereocenters. The Morgan fingerprint density at radius 1 is 0.792 bits per heavy atom. The van der Waals surface area contributed by atoms with Gasteiger partial charge < -0.3 is 8.83 Å². The van der Waals surface area contributed by atoms with E-state index in [1.54, 1.807) is 24.1 Å². The van der Waals surface area contributed by atoms with Crippen LogP contribution in [0.2, 0.25) is 0 Å². The summed E-state index contributed by atoms with van der Waals surface area (Å²) in [5, 5.41) is 8.94. The molecule has 0 bridgehead atoms. The fraction of sp³-hybridized carbons (Fsp3) is 0.0526. The summed E-state index contributed by atoms with van der Waals surface area (Å²) in [7, 11) is 0. The van der Waals surface area contributed by atoms with E-state index in [0.717, 1.165) is 0 Å². The molecular weight excluding hydrogens is 320 g/mol. The summed E-state index contributed by atoms with van der Waals surface area (Å²) in [6.45, 7) is 0. The second kappa shape index (κ2) is 5.39. The van der Waals surface area contributed by atoms with Crippen molar-refractivity contribution in [3.63, 3.8) is 0 Å². The van der Waals surface area contributed by atoms with Crippen molar-refractivity contribution in [3.8, 4) is 22.8 Å². The molecule has 5 rings (SSSR count). The average molecular weight is 332 g/mol. The minimum Gasteiger partial charge on any atom is -0.459 e. The summed E-state index contributed by atoms with van der Waals surface area (Å²) in [5.74, 6) is 0.989. The molecule has 0 saturated carbocycles. The van der Waals surface area contributed by atoms with Crippen LogP contribution in [0, 0.1) is 0 Å². The molecule has 2 heterocycles. The zero-order valence-corrected chi connectivity index (χ0v) is 13.4. The van der Waals surface area contributed by atoms with Gasteiger partial charge >= 0.3 is 0 Å². The molecule has 1 aliphatic rings. The van der Waals surface area contributed by atoms with Crippen molar-refractivity contribution in [1.82, 2.24) is 10.2 Å². The lowest BCUT2D eigenvalue weighted by molar-refractivity contribution is 0.447. The minimum absolute atomic E-state index is 0.155. The molecule has 2 aromatic heterocycles. The van der Waals surface area contributed by atoms with E-state index in [9.17, 15) is 0 Å². The van der Waals surface area contributed by atoms with Gasteiger partial charge in [0.1, 0.15) is 0 Å². The van der Waals surface area contributed by atoms with Crippen LogP contribution in [-0.2, 0) is 0 Å². The summed E-state index contributed by atoms with van der Waals surface area (Å²) in [6, 6.07) is 20.6. The predicted octanol–water partition coefficient (Wildman–Crippen LogP) is 5.19. The number of thioether (sulfide) groups is 1. The zero-order valence-electron chi connectivity index (χ0n) is 12.5. The van der Waals surface area contributed by atoms with Crippen LogP contribution in [-0.4, -0.2) is 10.2 Å². The molecule has 116 valence electrons. The van der Waals surface area contributed by atoms with Gasteiger partial charge in [0.15, 0.2) is 5.76 Å². The highest BCUT2D eigenvalue weighted by Gasteiger charge is 2.30. The molecule has 0 N–H and O–H groups in total. The lowest BCUT2D eigenvalue weighted by Crippen LogP contribution is -1.91. The molecule has 4 nitrogen and oxygen atoms in total. The number of nitrogens with zero attached hydrogens (tertiary/aromatic N) is 2. The molecule has 0 radical (unpaired) electrons. The predicted molar refractivity (Wildman–Crippen MR) is 91.6 cm³/mol. The molecular formula is C19H12N2O2S. The molecule has 0 saturated heterocycles. The molecule has 5 heteroatoms. The maximum atomic E-state index is 5.77. The Labute approximate surface area is 142 Å². The summed E-state index contributed by atoms with van der Waals surface area (Å²) >= 11 is 1.57. The van der Waals surface area contributed by atoms with Crippen LogP contribution in [0.3, 0.4) is 0 Å². The second-order valence-electron chi connectivity index (χ2n) is 5.52. The number of hydrogen-bond acceptors (Lipinski definition) is 5. The Balaban J connectivity index is 1.53. The molecule has 24 heavy (non-hydrogen) atoms. The molecule has 0 fully saturated rings. The third-order valence-electron chi connectivity index (χ3n) is 4.13. The van der Waals surface area contributed by atoms with Crippen molar-refractivity contribution in [1.29, 1.82) is 0 Å². The SMILES string of the molecule is c1coc(-c2nnc(SC3c4ccccc4-c4ccccc43)o2)c1. The van der Waals surface area contributed by atoms with Gasteiger partial charge in [-0.3, -0.25) is 0 Å². The van der Waals surface area contributed by atoms with Gasteiger partial charge in [-0.15, -0.1) is 10.2 Å². The Morgan fingerprint density at radius 2 is 1.50 bits per heavy atom. The number of benzene rings is 2. The van der Waals surface area contributed by atoms with Crippen LogP contribution in [0.15, 0.2) is 81.0 Å². The van der Waals surface area contributed by atoms with E-state index in [2.05, 4.69) is 58.7 Å². The van der Waals surface area contributed by atoms with E-state index in [1.807, 2.05) is 6.07 Å². The van der Waals surface area contributed by atoms with Crippen molar-refractivity contribution < 1.29 is 8.83 Å². The fourth-order valence-electron chi connectivity index (χ4n) is 3.09. The van der Waals surface area contributed by atoms with E-state index in [-0.39, 0.29) is 5.25 Å². The van der Waals surface area contributed by atoms with Crippen molar-refractivity contribution >= 4 is 11.8 Å². The second-order valence-corrected chi connectivity index (χ2v) is 6.58. The first-order chi connectivity index (χ1) is 11.9. The van der Waals surface area contributed by atoms with Crippen LogP contribution in [0.4, 0.5) is 0 Å². The van der Waals surface area contributed by atoms with Gasteiger partial charge in [0.2, 0.25) is 0 Å². The van der Waals surface area contributed by atoms with Crippen molar-refractivity contribution in [2.75, 3.05) is 0 Å². The van der Waals surface area contributed by atoms with Crippen LogP contribution < -0.4 is 0 Å². The highest BCUT2D eigenvalue weighted by atomic mass is 32.2. The summed E-state index contributed by atoms with van der Waals surface area (Å²) in [4.78, 5) is 0. The molecule has 4 aromatic rings. The standard InChI is InChI=1S/C19H12N2O2S/c1-3-8-14-12(6-1)13-7-2-4-9-15(13)17(14)24-19-21-20-18(23-19)16-10-5-11-22-16/h1-11,17H. The highest BCUT2D eigenvalue weighted by Crippen LogP contribution is 2.51. The van der Waals surface area contributed by atoms with Gasteiger partial charge in [0, 0.05) is 0 Å². The molecule has 0 amide bonds. The van der Waals surface area contributed by atoms with Gasteiger partial charge in [0.05, 0.1) is 11.5 Å². The van der Waals surface area contributed by atoms with E-state index in [0.29, 0.717) is 16.9 Å². The Bertz CT molecular complexity index is 962. The third-order valence-corrected chi connectivity index (χ3v) is 5.24. The average Bonchev–Trinajstić information content (AvgIpc) is 3.35. The number of fused-ring (bicyclic) bond motifs is 3. The van der Waals surface area contributed by atoms with E-state index in [1.165, 1.54) is 22.3 Å². The van der Waals surface area contributed by atoms with Crippen LogP contribution in [0.25, 0.3) is 22.8 Å². The minimum atomic E-state index is 0.155. The number of rotatable bonds is 3. The lowest BCUT2D eigenvalue weighted by Gasteiger charge is -2.09. The van der Waals surface area contributed by atoms with E-state index < -0.39 is 0 Å². The molecule has 2 aromatic carbocycles. The van der Waals surface area contributed by atoms with Crippen LogP contribution >= 0.6 is 11.8 Å². The van der Waals surface area contributed by atoms with Gasteiger partial charge in [-0.05, 0) is 34.4 Å². The van der Waals surface area contributed by atoms with Crippen LogP contribution in [0.1, 0.15) is 16.4 Å². The Kier molecular flexibility index (Phi) is 3.06. The number of furan rings is 1. The quantitative estimate of drug-likeness (QED) is 0.516. The Morgan fingerprint density at radius 3 is 2.17 bits per heavy atom. The van der Waals surface area contributed by atoms with Crippen LogP contribution in [0.5, 0.6) is 0 Å². The van der Waals surface area contributed by atoms with Gasteiger partial charge in [0.25, 0.3) is 11.1 Å². The van der Waals surface area contributed by atoms with Gasteiger partial charge in [-0.2, -0.15) is 0 Å². The molecule has 1 aliphatic carbocycles. The van der Waals surface area contributed by atoms with Gasteiger partial charge in [-0.25, -0.2) is 0 Å². The summed E-state index contributed by atoms with van der Waals surface area (Å²) in [6.07, 6.45) is 1.59. The lowest BCUT2D eigenvalue weighted by atomic mass is 10.1. The fourth-order valence-corrected chi connectivity index (χ4v) is 4.18. The topological polar surface area (TPSA) is 52.1 Å². The summed E-state index contributed by atoms with van der Waals surface area (Å²) < 4.78 is 11.1. The number of hydrogen-bond donors (Lipinski definition) is 0. The largest absolute Gasteiger partial charge is 0.459 e. The molecule has 0 spiro atoms. The van der Waals surface area contributed by atoms with E-state index >= 15 is 0 Å². The normalized spacial score (nSPS) is 13.0. The van der Waals surface area contributed by atoms with Crippen molar-refractivity contribution in [2.45, 2.75) is 10.5 Å². The zero-order chi connectivity index (χ0) is 15.9. The monoisotopic (exact) mass is 332 g/mol. The molecule has 0 unspecified atom stereocenters. The smallest absolute Gasteiger partial charge is 0.284 e. The van der Waals surface area contributed by atoms with Crippen molar-refractivity contribution in [3.05, 3.63) is 78.1 Å². The first-order valence-corrected chi connectivity index (χ1v) is 8.50. The molecule has 0 aliphatic heterocycles. The summed E-state index contributed by atoms with van der Waals surface area (Å²) in [5.41, 5.74) is 5.11.